The van der Waals surface area contributed by atoms with Gasteiger partial charge in [-0.05, 0) is 25.3 Å². The molecule has 1 aliphatic rings. The van der Waals surface area contributed by atoms with E-state index in [0.717, 1.165) is 17.4 Å². The summed E-state index contributed by atoms with van der Waals surface area (Å²) >= 11 is 1.57. The van der Waals surface area contributed by atoms with Crippen LogP contribution in [0.3, 0.4) is 0 Å². The van der Waals surface area contributed by atoms with Gasteiger partial charge in [-0.15, -0.1) is 10.2 Å². The van der Waals surface area contributed by atoms with E-state index in [1.165, 1.54) is 12.8 Å². The molecule has 1 aromatic rings. The predicted molar refractivity (Wildman–Crippen MR) is 63.2 cm³/mol. The van der Waals surface area contributed by atoms with Crippen LogP contribution >= 0.6 is 11.8 Å². The number of thioether (sulfide) groups is 1. The SMILES string of the molecule is Cn1c(CCN)nnc1SC[C@H](O)C1CC1. The molecule has 6 heteroatoms. The van der Waals surface area contributed by atoms with Crippen molar-refractivity contribution in [2.45, 2.75) is 30.5 Å². The highest BCUT2D eigenvalue weighted by Crippen LogP contribution is 2.34. The number of aliphatic hydroxyl groups is 1. The van der Waals surface area contributed by atoms with Gasteiger partial charge in [-0.25, -0.2) is 0 Å². The number of rotatable bonds is 6. The summed E-state index contributed by atoms with van der Waals surface area (Å²) in [5.74, 6) is 2.13. The van der Waals surface area contributed by atoms with E-state index < -0.39 is 0 Å². The summed E-state index contributed by atoms with van der Waals surface area (Å²) in [6.07, 6.45) is 2.88. The minimum absolute atomic E-state index is 0.195. The lowest BCUT2D eigenvalue weighted by Gasteiger charge is -2.07. The van der Waals surface area contributed by atoms with Crippen LogP contribution in [0, 0.1) is 5.92 Å². The molecule has 0 saturated heterocycles. The van der Waals surface area contributed by atoms with E-state index in [9.17, 15) is 5.11 Å². The monoisotopic (exact) mass is 242 g/mol. The van der Waals surface area contributed by atoms with Gasteiger partial charge in [0.15, 0.2) is 5.16 Å². The van der Waals surface area contributed by atoms with Gasteiger partial charge < -0.3 is 15.4 Å². The highest BCUT2D eigenvalue weighted by atomic mass is 32.2. The van der Waals surface area contributed by atoms with Crippen LogP contribution in [-0.2, 0) is 13.5 Å². The lowest BCUT2D eigenvalue weighted by Crippen LogP contribution is -2.13. The van der Waals surface area contributed by atoms with Gasteiger partial charge in [-0.3, -0.25) is 0 Å². The largest absolute Gasteiger partial charge is 0.392 e. The van der Waals surface area contributed by atoms with Crippen LogP contribution in [0.15, 0.2) is 5.16 Å². The second-order valence-corrected chi connectivity index (χ2v) is 5.20. The fourth-order valence-electron chi connectivity index (χ4n) is 1.59. The molecule has 5 nitrogen and oxygen atoms in total. The van der Waals surface area contributed by atoms with Crippen molar-refractivity contribution >= 4 is 11.8 Å². The van der Waals surface area contributed by atoms with Gasteiger partial charge in [0.25, 0.3) is 0 Å². The fourth-order valence-corrected chi connectivity index (χ4v) is 2.58. The highest BCUT2D eigenvalue weighted by Gasteiger charge is 2.29. The molecule has 1 atom stereocenters. The standard InChI is InChI=1S/C10H18N4OS/c1-14-9(4-5-11)12-13-10(14)16-6-8(15)7-2-3-7/h7-8,15H,2-6,11H2,1H3/t8-/m0/s1. The van der Waals surface area contributed by atoms with E-state index in [0.29, 0.717) is 18.2 Å². The Hall–Kier alpha value is -0.590. The Balaban J connectivity index is 1.88. The van der Waals surface area contributed by atoms with Crippen LogP contribution in [0.25, 0.3) is 0 Å². The molecule has 0 radical (unpaired) electrons. The minimum atomic E-state index is -0.195. The molecule has 1 aromatic heterocycles. The third kappa shape index (κ3) is 2.75. The van der Waals surface area contributed by atoms with E-state index in [1.54, 1.807) is 11.8 Å². The van der Waals surface area contributed by atoms with Crippen molar-refractivity contribution in [1.29, 1.82) is 0 Å². The molecule has 90 valence electrons. The fraction of sp³-hybridized carbons (Fsp3) is 0.800. The summed E-state index contributed by atoms with van der Waals surface area (Å²) in [7, 11) is 1.94. The number of nitrogens with two attached hydrogens (primary N) is 1. The van der Waals surface area contributed by atoms with Crippen molar-refractivity contribution in [1.82, 2.24) is 14.8 Å². The summed E-state index contributed by atoms with van der Waals surface area (Å²) in [6.45, 7) is 0.585. The van der Waals surface area contributed by atoms with E-state index >= 15 is 0 Å². The number of aliphatic hydroxyl groups excluding tert-OH is 1. The highest BCUT2D eigenvalue weighted by molar-refractivity contribution is 7.99. The molecule has 3 N–H and O–H groups in total. The second kappa shape index (κ2) is 5.16. The molecular formula is C10H18N4OS. The molecule has 0 bridgehead atoms. The first-order valence-corrected chi connectivity index (χ1v) is 6.60. The van der Waals surface area contributed by atoms with Crippen molar-refractivity contribution in [3.8, 4) is 0 Å². The quantitative estimate of drug-likeness (QED) is 0.696. The molecule has 2 rings (SSSR count). The molecule has 0 aliphatic heterocycles. The molecule has 1 fully saturated rings. The molecular weight excluding hydrogens is 224 g/mol. The molecule has 1 heterocycles. The van der Waals surface area contributed by atoms with E-state index in [4.69, 9.17) is 5.73 Å². The zero-order valence-corrected chi connectivity index (χ0v) is 10.3. The number of nitrogens with zero attached hydrogens (tertiary/aromatic N) is 3. The second-order valence-electron chi connectivity index (χ2n) is 4.21. The summed E-state index contributed by atoms with van der Waals surface area (Å²) in [4.78, 5) is 0. The molecule has 1 aliphatic carbocycles. The minimum Gasteiger partial charge on any atom is -0.392 e. The summed E-state index contributed by atoms with van der Waals surface area (Å²) in [6, 6.07) is 0. The summed E-state index contributed by atoms with van der Waals surface area (Å²) < 4.78 is 1.96. The molecule has 0 spiro atoms. The first-order valence-electron chi connectivity index (χ1n) is 5.61. The topological polar surface area (TPSA) is 77.0 Å². The number of hydrogen-bond donors (Lipinski definition) is 2. The molecule has 0 amide bonds. The third-order valence-electron chi connectivity index (χ3n) is 2.84. The first-order chi connectivity index (χ1) is 7.72. The van der Waals surface area contributed by atoms with Crippen LogP contribution in [0.2, 0.25) is 0 Å². The van der Waals surface area contributed by atoms with Crippen LogP contribution in [-0.4, -0.2) is 38.3 Å². The Bertz CT molecular complexity index is 351. The number of aromatic nitrogens is 3. The van der Waals surface area contributed by atoms with Gasteiger partial charge in [0, 0.05) is 19.2 Å². The maximum atomic E-state index is 9.75. The van der Waals surface area contributed by atoms with Gasteiger partial charge in [-0.2, -0.15) is 0 Å². The third-order valence-corrected chi connectivity index (χ3v) is 3.96. The van der Waals surface area contributed by atoms with Gasteiger partial charge in [0.05, 0.1) is 6.10 Å². The Kier molecular flexibility index (Phi) is 3.83. The van der Waals surface area contributed by atoms with Crippen LogP contribution in [0.5, 0.6) is 0 Å². The van der Waals surface area contributed by atoms with Crippen molar-refractivity contribution in [2.75, 3.05) is 12.3 Å². The summed E-state index contributed by atoms with van der Waals surface area (Å²) in [5.41, 5.74) is 5.48. The molecule has 16 heavy (non-hydrogen) atoms. The number of hydrogen-bond acceptors (Lipinski definition) is 5. The van der Waals surface area contributed by atoms with Crippen molar-refractivity contribution < 1.29 is 5.11 Å². The smallest absolute Gasteiger partial charge is 0.191 e. The molecule has 1 saturated carbocycles. The first kappa shape index (κ1) is 11.9. The van der Waals surface area contributed by atoms with Gasteiger partial charge >= 0.3 is 0 Å². The van der Waals surface area contributed by atoms with E-state index in [1.807, 2.05) is 11.6 Å². The van der Waals surface area contributed by atoms with Crippen molar-refractivity contribution in [2.24, 2.45) is 18.7 Å². The maximum absolute atomic E-state index is 9.75. The Labute approximate surface area is 99.4 Å². The zero-order valence-electron chi connectivity index (χ0n) is 9.46. The average Bonchev–Trinajstić information content (AvgIpc) is 3.05. The lowest BCUT2D eigenvalue weighted by molar-refractivity contribution is 0.176. The average molecular weight is 242 g/mol. The van der Waals surface area contributed by atoms with Crippen LogP contribution in [0.1, 0.15) is 18.7 Å². The maximum Gasteiger partial charge on any atom is 0.191 e. The van der Waals surface area contributed by atoms with Gasteiger partial charge in [0.1, 0.15) is 5.82 Å². The Morgan fingerprint density at radius 1 is 1.56 bits per heavy atom. The van der Waals surface area contributed by atoms with Gasteiger partial charge in [0.2, 0.25) is 0 Å². The Morgan fingerprint density at radius 2 is 2.31 bits per heavy atom. The van der Waals surface area contributed by atoms with Crippen molar-refractivity contribution in [3.63, 3.8) is 0 Å². The predicted octanol–water partition coefficient (Wildman–Crippen LogP) is 0.179. The molecule has 0 unspecified atom stereocenters. The normalized spacial score (nSPS) is 17.7. The lowest BCUT2D eigenvalue weighted by atomic mass is 10.3. The van der Waals surface area contributed by atoms with Crippen LogP contribution in [0.4, 0.5) is 0 Å². The zero-order chi connectivity index (χ0) is 11.5. The van der Waals surface area contributed by atoms with Crippen LogP contribution < -0.4 is 5.73 Å². The Morgan fingerprint density at radius 3 is 2.94 bits per heavy atom. The van der Waals surface area contributed by atoms with E-state index in [-0.39, 0.29) is 6.10 Å². The summed E-state index contributed by atoms with van der Waals surface area (Å²) in [5, 5.41) is 18.8. The van der Waals surface area contributed by atoms with Gasteiger partial charge in [-0.1, -0.05) is 11.8 Å². The van der Waals surface area contributed by atoms with E-state index in [2.05, 4.69) is 10.2 Å². The van der Waals surface area contributed by atoms with Crippen molar-refractivity contribution in [3.05, 3.63) is 5.82 Å². The molecule has 0 aromatic carbocycles.